The fourth-order valence-electron chi connectivity index (χ4n) is 2.26. The van der Waals surface area contributed by atoms with Gasteiger partial charge in [-0.05, 0) is 37.1 Å². The van der Waals surface area contributed by atoms with Crippen molar-refractivity contribution >= 4 is 33.1 Å². The molecule has 0 unspecified atom stereocenters. The lowest BCUT2D eigenvalue weighted by Gasteiger charge is -2.40. The van der Waals surface area contributed by atoms with E-state index in [9.17, 15) is 8.42 Å². The largest absolute Gasteiger partial charge is 0.312 e. The lowest BCUT2D eigenvalue weighted by Crippen LogP contribution is -2.45. The van der Waals surface area contributed by atoms with Crippen LogP contribution < -0.4 is 10.0 Å². The standard InChI is InChI=1S/C13H22N2O2S3/c1-3-14-9-11-12(5-8-19-11)20(16,17)15-10-13(18-2)6-4-7-13/h5,8,14-15H,3-4,6-7,9-10H2,1-2H3. The molecule has 2 rings (SSSR count). The number of thioether (sulfide) groups is 1. The predicted octanol–water partition coefficient (Wildman–Crippen LogP) is 2.42. The minimum Gasteiger partial charge on any atom is -0.312 e. The van der Waals surface area contributed by atoms with Crippen LogP contribution in [0.25, 0.3) is 0 Å². The van der Waals surface area contributed by atoms with Gasteiger partial charge in [0.25, 0.3) is 0 Å². The van der Waals surface area contributed by atoms with Gasteiger partial charge in [0.15, 0.2) is 0 Å². The summed E-state index contributed by atoms with van der Waals surface area (Å²) < 4.78 is 27.8. The summed E-state index contributed by atoms with van der Waals surface area (Å²) in [5, 5.41) is 5.03. The number of nitrogens with one attached hydrogen (secondary N) is 2. The van der Waals surface area contributed by atoms with Crippen LogP contribution in [0, 0.1) is 0 Å². The van der Waals surface area contributed by atoms with Crippen LogP contribution in [0.15, 0.2) is 16.3 Å². The van der Waals surface area contributed by atoms with E-state index in [0.29, 0.717) is 18.0 Å². The molecule has 1 saturated carbocycles. The van der Waals surface area contributed by atoms with Gasteiger partial charge in [0.1, 0.15) is 0 Å². The molecule has 114 valence electrons. The van der Waals surface area contributed by atoms with E-state index in [1.54, 1.807) is 17.8 Å². The molecule has 0 spiro atoms. The van der Waals surface area contributed by atoms with Crippen molar-refractivity contribution in [3.05, 3.63) is 16.3 Å². The van der Waals surface area contributed by atoms with E-state index >= 15 is 0 Å². The first-order chi connectivity index (χ1) is 9.53. The number of sulfonamides is 1. The topological polar surface area (TPSA) is 58.2 Å². The van der Waals surface area contributed by atoms with Crippen LogP contribution in [0.1, 0.15) is 31.1 Å². The second-order valence-electron chi connectivity index (χ2n) is 5.05. The van der Waals surface area contributed by atoms with Gasteiger partial charge < -0.3 is 5.32 Å². The van der Waals surface area contributed by atoms with Gasteiger partial charge in [0, 0.05) is 22.7 Å². The number of thiophene rings is 1. The Morgan fingerprint density at radius 3 is 2.75 bits per heavy atom. The van der Waals surface area contributed by atoms with Gasteiger partial charge >= 0.3 is 0 Å². The maximum absolute atomic E-state index is 12.4. The molecule has 1 aliphatic rings. The second kappa shape index (κ2) is 6.79. The maximum atomic E-state index is 12.4. The van der Waals surface area contributed by atoms with Crippen molar-refractivity contribution in [2.45, 2.75) is 42.4 Å². The molecular formula is C13H22N2O2S3. The molecule has 0 bridgehead atoms. The predicted molar refractivity (Wildman–Crippen MR) is 87.0 cm³/mol. The molecule has 0 amide bonds. The summed E-state index contributed by atoms with van der Waals surface area (Å²) in [6.07, 6.45) is 5.47. The number of hydrogen-bond acceptors (Lipinski definition) is 5. The Balaban J connectivity index is 2.04. The van der Waals surface area contributed by atoms with E-state index in [0.717, 1.165) is 24.3 Å². The summed E-state index contributed by atoms with van der Waals surface area (Å²) in [5.74, 6) is 0. The van der Waals surface area contributed by atoms with Crippen LogP contribution in [0.2, 0.25) is 0 Å². The van der Waals surface area contributed by atoms with Crippen molar-refractivity contribution in [1.82, 2.24) is 10.0 Å². The third-order valence-electron chi connectivity index (χ3n) is 3.81. The van der Waals surface area contributed by atoms with Gasteiger partial charge in [0.2, 0.25) is 10.0 Å². The van der Waals surface area contributed by atoms with E-state index < -0.39 is 10.0 Å². The smallest absolute Gasteiger partial charge is 0.241 e. The quantitative estimate of drug-likeness (QED) is 0.766. The van der Waals surface area contributed by atoms with E-state index in [2.05, 4.69) is 16.3 Å². The first-order valence-corrected chi connectivity index (χ1v) is 10.4. The van der Waals surface area contributed by atoms with Crippen molar-refractivity contribution in [2.24, 2.45) is 0 Å². The molecule has 0 aromatic carbocycles. The molecule has 4 nitrogen and oxygen atoms in total. The molecule has 0 atom stereocenters. The fourth-order valence-corrected chi connectivity index (χ4v) is 5.81. The van der Waals surface area contributed by atoms with E-state index in [1.807, 2.05) is 12.3 Å². The highest BCUT2D eigenvalue weighted by molar-refractivity contribution is 8.00. The Morgan fingerprint density at radius 2 is 2.20 bits per heavy atom. The van der Waals surface area contributed by atoms with Crippen LogP contribution in [-0.2, 0) is 16.6 Å². The molecule has 0 radical (unpaired) electrons. The normalized spacial score (nSPS) is 17.9. The zero-order chi connectivity index (χ0) is 14.6. The summed E-state index contributed by atoms with van der Waals surface area (Å²) in [5.41, 5.74) is 0. The Kier molecular flexibility index (Phi) is 5.53. The summed E-state index contributed by atoms with van der Waals surface area (Å²) in [6, 6.07) is 1.70. The van der Waals surface area contributed by atoms with Crippen molar-refractivity contribution in [1.29, 1.82) is 0 Å². The Bertz CT molecular complexity index is 530. The SMILES string of the molecule is CCNCc1sccc1S(=O)(=O)NCC1(SC)CCC1. The maximum Gasteiger partial charge on any atom is 0.241 e. The van der Waals surface area contributed by atoms with Crippen LogP contribution in [-0.4, -0.2) is 32.5 Å². The van der Waals surface area contributed by atoms with E-state index in [-0.39, 0.29) is 4.75 Å². The number of hydrogen-bond donors (Lipinski definition) is 2. The Hall–Kier alpha value is -0.0800. The molecule has 0 aliphatic heterocycles. The Morgan fingerprint density at radius 1 is 1.45 bits per heavy atom. The van der Waals surface area contributed by atoms with Gasteiger partial charge in [-0.15, -0.1) is 11.3 Å². The van der Waals surface area contributed by atoms with Gasteiger partial charge in [-0.2, -0.15) is 11.8 Å². The van der Waals surface area contributed by atoms with Crippen molar-refractivity contribution in [3.63, 3.8) is 0 Å². The lowest BCUT2D eigenvalue weighted by atomic mass is 9.84. The average Bonchev–Trinajstić information content (AvgIpc) is 2.84. The molecule has 2 N–H and O–H groups in total. The first-order valence-electron chi connectivity index (χ1n) is 6.85. The monoisotopic (exact) mass is 334 g/mol. The third kappa shape index (κ3) is 3.57. The Labute approximate surface area is 129 Å². The van der Waals surface area contributed by atoms with Gasteiger partial charge in [-0.1, -0.05) is 13.3 Å². The minimum atomic E-state index is -3.39. The molecule has 0 saturated heterocycles. The van der Waals surface area contributed by atoms with Crippen LogP contribution in [0.5, 0.6) is 0 Å². The molecule has 1 aromatic heterocycles. The van der Waals surface area contributed by atoms with Gasteiger partial charge in [-0.25, -0.2) is 13.1 Å². The lowest BCUT2D eigenvalue weighted by molar-refractivity contribution is 0.362. The highest BCUT2D eigenvalue weighted by Gasteiger charge is 2.37. The molecule has 20 heavy (non-hydrogen) atoms. The summed E-state index contributed by atoms with van der Waals surface area (Å²) in [7, 11) is -3.39. The van der Waals surface area contributed by atoms with Crippen LogP contribution in [0.4, 0.5) is 0 Å². The highest BCUT2D eigenvalue weighted by Crippen LogP contribution is 2.42. The molecular weight excluding hydrogens is 312 g/mol. The van der Waals surface area contributed by atoms with E-state index in [4.69, 9.17) is 0 Å². The van der Waals surface area contributed by atoms with Crippen molar-refractivity contribution in [3.8, 4) is 0 Å². The summed E-state index contributed by atoms with van der Waals surface area (Å²) in [6.45, 7) is 3.99. The molecule has 1 heterocycles. The van der Waals surface area contributed by atoms with Crippen molar-refractivity contribution < 1.29 is 8.42 Å². The van der Waals surface area contributed by atoms with Gasteiger partial charge in [-0.3, -0.25) is 0 Å². The molecule has 7 heteroatoms. The van der Waals surface area contributed by atoms with Crippen molar-refractivity contribution in [2.75, 3.05) is 19.3 Å². The highest BCUT2D eigenvalue weighted by atomic mass is 32.2. The first kappa shape index (κ1) is 16.3. The summed E-state index contributed by atoms with van der Waals surface area (Å²) in [4.78, 5) is 1.31. The zero-order valence-corrected chi connectivity index (χ0v) is 14.4. The summed E-state index contributed by atoms with van der Waals surface area (Å²) >= 11 is 3.27. The second-order valence-corrected chi connectivity index (χ2v) is 9.06. The number of rotatable bonds is 8. The molecule has 1 fully saturated rings. The average molecular weight is 335 g/mol. The third-order valence-corrected chi connectivity index (χ3v) is 7.77. The zero-order valence-electron chi connectivity index (χ0n) is 11.9. The molecule has 1 aliphatic carbocycles. The van der Waals surface area contributed by atoms with Crippen LogP contribution in [0.3, 0.4) is 0 Å². The fraction of sp³-hybridized carbons (Fsp3) is 0.692. The van der Waals surface area contributed by atoms with E-state index in [1.165, 1.54) is 17.8 Å². The minimum absolute atomic E-state index is 0.116. The van der Waals surface area contributed by atoms with Gasteiger partial charge in [0.05, 0.1) is 4.90 Å². The molecule has 1 aromatic rings. The van der Waals surface area contributed by atoms with Crippen LogP contribution >= 0.6 is 23.1 Å².